The molecule has 1 heterocycles. The molecule has 0 bridgehead atoms. The first-order chi connectivity index (χ1) is 7.70. The molecule has 0 spiro atoms. The lowest BCUT2D eigenvalue weighted by atomic mass is 9.97. The fourth-order valence-corrected chi connectivity index (χ4v) is 3.06. The zero-order valence-electron chi connectivity index (χ0n) is 11.2. The molecule has 2 nitrogen and oxygen atoms in total. The Kier molecular flexibility index (Phi) is 4.26. The lowest BCUT2D eigenvalue weighted by Gasteiger charge is -2.37. The van der Waals surface area contributed by atoms with Gasteiger partial charge >= 0.3 is 0 Å². The van der Waals surface area contributed by atoms with Gasteiger partial charge in [-0.1, -0.05) is 13.8 Å². The Morgan fingerprint density at radius 2 is 2.06 bits per heavy atom. The summed E-state index contributed by atoms with van der Waals surface area (Å²) in [7, 11) is 0. The van der Waals surface area contributed by atoms with Crippen molar-refractivity contribution in [2.24, 2.45) is 11.8 Å². The van der Waals surface area contributed by atoms with Crippen molar-refractivity contribution in [1.82, 2.24) is 10.2 Å². The van der Waals surface area contributed by atoms with Crippen molar-refractivity contribution in [1.29, 1.82) is 0 Å². The van der Waals surface area contributed by atoms with Crippen LogP contribution in [-0.4, -0.2) is 36.6 Å². The van der Waals surface area contributed by atoms with Crippen LogP contribution in [-0.2, 0) is 0 Å². The van der Waals surface area contributed by atoms with Crippen LogP contribution in [0.2, 0.25) is 0 Å². The van der Waals surface area contributed by atoms with Gasteiger partial charge in [0.05, 0.1) is 0 Å². The Morgan fingerprint density at radius 3 is 2.62 bits per heavy atom. The average Bonchev–Trinajstić information content (AvgIpc) is 3.10. The van der Waals surface area contributed by atoms with E-state index in [1.54, 1.807) is 0 Å². The van der Waals surface area contributed by atoms with Gasteiger partial charge in [-0.2, -0.15) is 0 Å². The third-order valence-electron chi connectivity index (χ3n) is 4.58. The Hall–Kier alpha value is -0.0800. The molecule has 1 N–H and O–H groups in total. The molecule has 0 radical (unpaired) electrons. The predicted octanol–water partition coefficient (Wildman–Crippen LogP) is 2.49. The van der Waals surface area contributed by atoms with Gasteiger partial charge in [-0.3, -0.25) is 0 Å². The van der Waals surface area contributed by atoms with Gasteiger partial charge < -0.3 is 10.2 Å². The molecule has 2 heteroatoms. The molecule has 2 aliphatic rings. The maximum absolute atomic E-state index is 3.79. The summed E-state index contributed by atoms with van der Waals surface area (Å²) < 4.78 is 0. The molecule has 3 unspecified atom stereocenters. The Bertz CT molecular complexity index is 213. The van der Waals surface area contributed by atoms with Crippen LogP contribution >= 0.6 is 0 Å². The highest BCUT2D eigenvalue weighted by molar-refractivity contribution is 4.85. The van der Waals surface area contributed by atoms with Crippen molar-refractivity contribution >= 4 is 0 Å². The highest BCUT2D eigenvalue weighted by Gasteiger charge is 2.29. The highest BCUT2D eigenvalue weighted by atomic mass is 15.2. The molecule has 1 aliphatic carbocycles. The van der Waals surface area contributed by atoms with Gasteiger partial charge in [-0.25, -0.2) is 0 Å². The Labute approximate surface area is 101 Å². The quantitative estimate of drug-likeness (QED) is 0.772. The lowest BCUT2D eigenvalue weighted by molar-refractivity contribution is 0.141. The minimum atomic E-state index is 0.771. The maximum atomic E-state index is 3.79. The SMILES string of the molecule is CCN1CCC(NCC(C)C2CC2)CC1C. The van der Waals surface area contributed by atoms with Crippen LogP contribution in [0, 0.1) is 11.8 Å². The average molecular weight is 224 g/mol. The zero-order chi connectivity index (χ0) is 11.5. The molecular formula is C14H28N2. The molecule has 2 rings (SSSR count). The second kappa shape index (κ2) is 5.50. The summed E-state index contributed by atoms with van der Waals surface area (Å²) in [6.45, 7) is 10.8. The first-order valence-corrected chi connectivity index (χ1v) is 7.18. The normalized spacial score (nSPS) is 33.9. The summed E-state index contributed by atoms with van der Waals surface area (Å²) in [5.41, 5.74) is 0. The largest absolute Gasteiger partial charge is 0.314 e. The van der Waals surface area contributed by atoms with Crippen LogP contribution in [0.25, 0.3) is 0 Å². The minimum Gasteiger partial charge on any atom is -0.314 e. The van der Waals surface area contributed by atoms with E-state index in [2.05, 4.69) is 31.0 Å². The van der Waals surface area contributed by atoms with Crippen molar-refractivity contribution in [3.8, 4) is 0 Å². The number of piperidine rings is 1. The minimum absolute atomic E-state index is 0.771. The Balaban J connectivity index is 1.66. The number of nitrogens with zero attached hydrogens (tertiary/aromatic N) is 1. The summed E-state index contributed by atoms with van der Waals surface area (Å²) in [5.74, 6) is 1.94. The summed E-state index contributed by atoms with van der Waals surface area (Å²) in [6.07, 6.45) is 5.64. The lowest BCUT2D eigenvalue weighted by Crippen LogP contribution is -2.48. The van der Waals surface area contributed by atoms with Crippen LogP contribution in [0.3, 0.4) is 0 Å². The van der Waals surface area contributed by atoms with Crippen LogP contribution in [0.1, 0.15) is 46.5 Å². The zero-order valence-corrected chi connectivity index (χ0v) is 11.2. The number of hydrogen-bond donors (Lipinski definition) is 1. The van der Waals surface area contributed by atoms with Crippen LogP contribution in [0.15, 0.2) is 0 Å². The van der Waals surface area contributed by atoms with Gasteiger partial charge in [-0.15, -0.1) is 0 Å². The Morgan fingerprint density at radius 1 is 1.31 bits per heavy atom. The van der Waals surface area contributed by atoms with Crippen LogP contribution in [0.4, 0.5) is 0 Å². The third-order valence-corrected chi connectivity index (χ3v) is 4.58. The molecule has 94 valence electrons. The first kappa shape index (κ1) is 12.4. The van der Waals surface area contributed by atoms with E-state index in [0.717, 1.165) is 23.9 Å². The van der Waals surface area contributed by atoms with Crippen molar-refractivity contribution in [2.75, 3.05) is 19.6 Å². The van der Waals surface area contributed by atoms with Gasteiger partial charge in [0.25, 0.3) is 0 Å². The number of rotatable bonds is 5. The van der Waals surface area contributed by atoms with E-state index in [1.165, 1.54) is 45.3 Å². The van der Waals surface area contributed by atoms with Crippen molar-refractivity contribution in [3.05, 3.63) is 0 Å². The number of nitrogens with one attached hydrogen (secondary N) is 1. The fraction of sp³-hybridized carbons (Fsp3) is 1.00. The molecule has 1 aliphatic heterocycles. The topological polar surface area (TPSA) is 15.3 Å². The van der Waals surface area contributed by atoms with Crippen LogP contribution < -0.4 is 5.32 Å². The molecular weight excluding hydrogens is 196 g/mol. The van der Waals surface area contributed by atoms with E-state index in [9.17, 15) is 0 Å². The highest BCUT2D eigenvalue weighted by Crippen LogP contribution is 2.36. The van der Waals surface area contributed by atoms with E-state index in [4.69, 9.17) is 0 Å². The molecule has 3 atom stereocenters. The summed E-state index contributed by atoms with van der Waals surface area (Å²) in [5, 5.41) is 3.79. The first-order valence-electron chi connectivity index (χ1n) is 7.18. The summed E-state index contributed by atoms with van der Waals surface area (Å²) in [4.78, 5) is 2.60. The smallest absolute Gasteiger partial charge is 0.00941 e. The molecule has 0 amide bonds. The van der Waals surface area contributed by atoms with E-state index >= 15 is 0 Å². The van der Waals surface area contributed by atoms with E-state index in [1.807, 2.05) is 0 Å². The predicted molar refractivity (Wildman–Crippen MR) is 69.6 cm³/mol. The van der Waals surface area contributed by atoms with E-state index in [0.29, 0.717) is 0 Å². The fourth-order valence-electron chi connectivity index (χ4n) is 3.06. The molecule has 2 fully saturated rings. The molecule has 1 saturated carbocycles. The second-order valence-electron chi connectivity index (χ2n) is 5.92. The van der Waals surface area contributed by atoms with E-state index in [-0.39, 0.29) is 0 Å². The maximum Gasteiger partial charge on any atom is 0.00941 e. The van der Waals surface area contributed by atoms with Crippen molar-refractivity contribution in [2.45, 2.75) is 58.5 Å². The van der Waals surface area contributed by atoms with Crippen LogP contribution in [0.5, 0.6) is 0 Å². The van der Waals surface area contributed by atoms with Crippen molar-refractivity contribution in [3.63, 3.8) is 0 Å². The molecule has 0 aromatic rings. The number of likely N-dealkylation sites (tertiary alicyclic amines) is 1. The third kappa shape index (κ3) is 3.21. The standard InChI is InChI=1S/C14H28N2/c1-4-16-8-7-14(9-12(16)3)15-10-11(2)13-5-6-13/h11-15H,4-10H2,1-3H3. The summed E-state index contributed by atoms with van der Waals surface area (Å²) >= 11 is 0. The molecule has 1 saturated heterocycles. The van der Waals surface area contributed by atoms with E-state index < -0.39 is 0 Å². The van der Waals surface area contributed by atoms with Gasteiger partial charge in [-0.05, 0) is 64.1 Å². The second-order valence-corrected chi connectivity index (χ2v) is 5.92. The van der Waals surface area contributed by atoms with Gasteiger partial charge in [0.1, 0.15) is 0 Å². The number of hydrogen-bond acceptors (Lipinski definition) is 2. The van der Waals surface area contributed by atoms with Gasteiger partial charge in [0.15, 0.2) is 0 Å². The van der Waals surface area contributed by atoms with Crippen molar-refractivity contribution < 1.29 is 0 Å². The summed E-state index contributed by atoms with van der Waals surface area (Å²) in [6, 6.07) is 1.55. The molecule has 16 heavy (non-hydrogen) atoms. The molecule has 0 aromatic heterocycles. The van der Waals surface area contributed by atoms with Gasteiger partial charge in [0.2, 0.25) is 0 Å². The molecule has 0 aromatic carbocycles. The monoisotopic (exact) mass is 224 g/mol. The van der Waals surface area contributed by atoms with Gasteiger partial charge in [0, 0.05) is 12.1 Å².